The minimum atomic E-state index is -0.879. The number of hydrogen-bond donors (Lipinski definition) is 1. The number of aryl methyl sites for hydroxylation is 1. The molecule has 1 aromatic heterocycles. The molecule has 3 nitrogen and oxygen atoms in total. The summed E-state index contributed by atoms with van der Waals surface area (Å²) < 4.78 is 0. The molecule has 1 N–H and O–H groups in total. The van der Waals surface area contributed by atoms with Crippen molar-refractivity contribution in [3.05, 3.63) is 64.4 Å². The maximum atomic E-state index is 11.9. The fourth-order valence-corrected chi connectivity index (χ4v) is 4.30. The average Bonchev–Trinajstić information content (AvgIpc) is 2.72. The van der Waals surface area contributed by atoms with Gasteiger partial charge in [0.05, 0.1) is 10.6 Å². The van der Waals surface area contributed by atoms with Crippen molar-refractivity contribution in [1.82, 2.24) is 9.88 Å². The van der Waals surface area contributed by atoms with Gasteiger partial charge in [0, 0.05) is 18.3 Å². The van der Waals surface area contributed by atoms with Crippen LogP contribution in [-0.2, 0) is 12.0 Å². The minimum absolute atomic E-state index is 0. The molecule has 142 valence electrons. The van der Waals surface area contributed by atoms with E-state index in [1.807, 2.05) is 18.3 Å². The van der Waals surface area contributed by atoms with Crippen LogP contribution in [0.15, 0.2) is 42.7 Å². The quantitative estimate of drug-likeness (QED) is 0.739. The molecule has 1 aliphatic rings. The summed E-state index contributed by atoms with van der Waals surface area (Å²) in [5.74, 6) is 0.0181. The number of benzene rings is 1. The van der Waals surface area contributed by atoms with Gasteiger partial charge in [0.1, 0.15) is 0 Å². The Bertz CT molecular complexity index is 723. The number of hydrogen-bond acceptors (Lipinski definition) is 3. The van der Waals surface area contributed by atoms with Crippen LogP contribution in [0.5, 0.6) is 0 Å². The van der Waals surface area contributed by atoms with Gasteiger partial charge in [0.15, 0.2) is 0 Å². The second-order valence-corrected chi connectivity index (χ2v) is 7.81. The van der Waals surface area contributed by atoms with Crippen LogP contribution >= 0.6 is 24.0 Å². The largest absolute Gasteiger partial charge is 0.385 e. The van der Waals surface area contributed by atoms with E-state index in [0.717, 1.165) is 49.8 Å². The summed E-state index contributed by atoms with van der Waals surface area (Å²) in [7, 11) is 4.15. The molecule has 5 heteroatoms. The van der Waals surface area contributed by atoms with Crippen LogP contribution in [0.3, 0.4) is 0 Å². The first-order valence-electron chi connectivity index (χ1n) is 9.06. The number of nitrogens with zero attached hydrogens (tertiary/aromatic N) is 2. The highest BCUT2D eigenvalue weighted by atomic mass is 35.5. The van der Waals surface area contributed by atoms with Crippen molar-refractivity contribution in [3.8, 4) is 0 Å². The first-order valence-corrected chi connectivity index (χ1v) is 9.44. The highest BCUT2D eigenvalue weighted by Crippen LogP contribution is 2.47. The maximum absolute atomic E-state index is 11.9. The van der Waals surface area contributed by atoms with Crippen LogP contribution in [0.25, 0.3) is 0 Å². The van der Waals surface area contributed by atoms with Crippen molar-refractivity contribution in [2.75, 3.05) is 20.6 Å². The molecule has 2 atom stereocenters. The highest BCUT2D eigenvalue weighted by Gasteiger charge is 2.41. The summed E-state index contributed by atoms with van der Waals surface area (Å²) in [6, 6.07) is 10.3. The number of aliphatic hydroxyl groups is 1. The molecule has 0 unspecified atom stereocenters. The Kier molecular flexibility index (Phi) is 7.48. The number of halogens is 2. The van der Waals surface area contributed by atoms with Crippen molar-refractivity contribution in [1.29, 1.82) is 0 Å². The van der Waals surface area contributed by atoms with Gasteiger partial charge in [-0.2, -0.15) is 0 Å². The fraction of sp³-hybridized carbons (Fsp3) is 0.476. The second kappa shape index (κ2) is 9.18. The number of pyridine rings is 1. The van der Waals surface area contributed by atoms with Crippen molar-refractivity contribution >= 4 is 24.0 Å². The lowest BCUT2D eigenvalue weighted by Crippen LogP contribution is -2.34. The van der Waals surface area contributed by atoms with Gasteiger partial charge >= 0.3 is 0 Å². The lowest BCUT2D eigenvalue weighted by Gasteiger charge is -2.37. The third-order valence-corrected chi connectivity index (χ3v) is 5.50. The molecule has 0 saturated heterocycles. The van der Waals surface area contributed by atoms with Crippen molar-refractivity contribution in [3.63, 3.8) is 0 Å². The van der Waals surface area contributed by atoms with Crippen molar-refractivity contribution < 1.29 is 5.11 Å². The Hall–Kier alpha value is -1.13. The number of aromatic nitrogens is 1. The molecular weight excluding hydrogens is 367 g/mol. The summed E-state index contributed by atoms with van der Waals surface area (Å²) >= 11 is 6.19. The van der Waals surface area contributed by atoms with E-state index < -0.39 is 5.60 Å². The summed E-state index contributed by atoms with van der Waals surface area (Å²) in [6.45, 7) is 0.963. The van der Waals surface area contributed by atoms with E-state index in [4.69, 9.17) is 11.6 Å². The molecule has 0 radical (unpaired) electrons. The SMILES string of the molecule is CN(C)CCC[C@]1(O)c2ccccc2CCC[C@@H]1c1cncc(Cl)c1.Cl. The van der Waals surface area contributed by atoms with Crippen LogP contribution in [0, 0.1) is 0 Å². The summed E-state index contributed by atoms with van der Waals surface area (Å²) in [5, 5.41) is 12.6. The smallest absolute Gasteiger partial charge is 0.0968 e. The van der Waals surface area contributed by atoms with Gasteiger partial charge in [-0.25, -0.2) is 0 Å². The zero-order chi connectivity index (χ0) is 17.9. The topological polar surface area (TPSA) is 36.4 Å². The third-order valence-electron chi connectivity index (χ3n) is 5.29. The summed E-state index contributed by atoms with van der Waals surface area (Å²) in [6.07, 6.45) is 8.21. The number of rotatable bonds is 5. The average molecular weight is 395 g/mol. The van der Waals surface area contributed by atoms with Crippen molar-refractivity contribution in [2.45, 2.75) is 43.6 Å². The Labute approximate surface area is 167 Å². The van der Waals surface area contributed by atoms with E-state index in [-0.39, 0.29) is 18.3 Å². The van der Waals surface area contributed by atoms with Gasteiger partial charge in [-0.15, -0.1) is 12.4 Å². The summed E-state index contributed by atoms with van der Waals surface area (Å²) in [5.41, 5.74) is 2.51. The molecule has 0 saturated carbocycles. The molecule has 1 heterocycles. The highest BCUT2D eigenvalue weighted by molar-refractivity contribution is 6.30. The Morgan fingerprint density at radius 2 is 2.04 bits per heavy atom. The third kappa shape index (κ3) is 4.58. The normalized spacial score (nSPS) is 22.4. The van der Waals surface area contributed by atoms with E-state index in [0.29, 0.717) is 5.02 Å². The zero-order valence-electron chi connectivity index (χ0n) is 15.5. The van der Waals surface area contributed by atoms with Gasteiger partial charge in [0.2, 0.25) is 0 Å². The van der Waals surface area contributed by atoms with E-state index in [9.17, 15) is 5.11 Å². The molecule has 0 bridgehead atoms. The maximum Gasteiger partial charge on any atom is 0.0968 e. The predicted octanol–water partition coefficient (Wildman–Crippen LogP) is 4.81. The van der Waals surface area contributed by atoms with Gasteiger partial charge in [-0.1, -0.05) is 35.9 Å². The van der Waals surface area contributed by atoms with E-state index in [1.54, 1.807) is 6.20 Å². The summed E-state index contributed by atoms with van der Waals surface area (Å²) in [4.78, 5) is 6.44. The zero-order valence-corrected chi connectivity index (χ0v) is 17.1. The minimum Gasteiger partial charge on any atom is -0.385 e. The molecule has 2 aromatic rings. The fourth-order valence-electron chi connectivity index (χ4n) is 4.12. The first kappa shape index (κ1) is 21.2. The monoisotopic (exact) mass is 394 g/mol. The van der Waals surface area contributed by atoms with Crippen LogP contribution in [-0.4, -0.2) is 35.6 Å². The van der Waals surface area contributed by atoms with Gasteiger partial charge in [-0.05, 0) is 75.5 Å². The molecular formula is C21H28Cl2N2O. The lowest BCUT2D eigenvalue weighted by molar-refractivity contribution is -0.00614. The van der Waals surface area contributed by atoms with E-state index in [1.165, 1.54) is 5.56 Å². The predicted molar refractivity (Wildman–Crippen MR) is 110 cm³/mol. The van der Waals surface area contributed by atoms with Gasteiger partial charge in [0.25, 0.3) is 0 Å². The first-order chi connectivity index (χ1) is 12.0. The molecule has 0 aliphatic heterocycles. The molecule has 0 amide bonds. The van der Waals surface area contributed by atoms with E-state index >= 15 is 0 Å². The molecule has 3 rings (SSSR count). The lowest BCUT2D eigenvalue weighted by atomic mass is 9.73. The molecule has 1 aromatic carbocycles. The Balaban J connectivity index is 0.00000243. The van der Waals surface area contributed by atoms with Crippen molar-refractivity contribution in [2.24, 2.45) is 0 Å². The van der Waals surface area contributed by atoms with Crippen LogP contribution in [0.2, 0.25) is 5.02 Å². The molecule has 0 spiro atoms. The second-order valence-electron chi connectivity index (χ2n) is 7.37. The van der Waals surface area contributed by atoms with Crippen LogP contribution in [0.1, 0.15) is 48.3 Å². The Morgan fingerprint density at radius 3 is 2.77 bits per heavy atom. The Morgan fingerprint density at radius 1 is 1.27 bits per heavy atom. The van der Waals surface area contributed by atoms with E-state index in [2.05, 4.69) is 42.2 Å². The number of fused-ring (bicyclic) bond motifs is 1. The van der Waals surface area contributed by atoms with Crippen LogP contribution in [0.4, 0.5) is 0 Å². The van der Waals surface area contributed by atoms with Gasteiger partial charge < -0.3 is 10.0 Å². The van der Waals surface area contributed by atoms with Gasteiger partial charge in [-0.3, -0.25) is 4.98 Å². The molecule has 0 fully saturated rings. The standard InChI is InChI=1S/C21H27ClN2O.ClH/c1-24(2)12-6-11-21(25)19-9-4-3-7-16(19)8-5-10-20(21)17-13-18(22)15-23-14-17;/h3-4,7,9,13-15,20,25H,5-6,8,10-12H2,1-2H3;1H/t20-,21+;/m1./s1. The van der Waals surface area contributed by atoms with Crippen LogP contribution < -0.4 is 0 Å². The molecule has 1 aliphatic carbocycles. The molecule has 26 heavy (non-hydrogen) atoms.